The first-order valence-corrected chi connectivity index (χ1v) is 4.13. The van der Waals surface area contributed by atoms with Gasteiger partial charge in [0.2, 0.25) is 0 Å². The van der Waals surface area contributed by atoms with Gasteiger partial charge in [-0.2, -0.15) is 0 Å². The van der Waals surface area contributed by atoms with E-state index in [0.717, 1.165) is 0 Å². The molecular formula is C10H13FO2. The summed E-state index contributed by atoms with van der Waals surface area (Å²) in [5.74, 6) is 0.609. The molecule has 3 heteroatoms. The highest BCUT2D eigenvalue weighted by atomic mass is 19.1. The molecule has 0 unspecified atom stereocenters. The van der Waals surface area contributed by atoms with E-state index in [-0.39, 0.29) is 11.9 Å². The van der Waals surface area contributed by atoms with E-state index in [1.54, 1.807) is 6.07 Å². The Balaban J connectivity index is 2.88. The van der Waals surface area contributed by atoms with Gasteiger partial charge in [-0.3, -0.25) is 0 Å². The molecule has 0 amide bonds. The minimum Gasteiger partial charge on any atom is -0.497 e. The maximum atomic E-state index is 12.9. The Morgan fingerprint density at radius 2 is 1.77 bits per heavy atom. The third-order valence-electron chi connectivity index (χ3n) is 1.45. The zero-order chi connectivity index (χ0) is 9.84. The quantitative estimate of drug-likeness (QED) is 0.718. The van der Waals surface area contributed by atoms with Crippen LogP contribution in [0.3, 0.4) is 0 Å². The van der Waals surface area contributed by atoms with Crippen molar-refractivity contribution >= 4 is 0 Å². The number of rotatable bonds is 3. The lowest BCUT2D eigenvalue weighted by Crippen LogP contribution is -2.05. The molecule has 1 rings (SSSR count). The third kappa shape index (κ3) is 2.93. The average molecular weight is 184 g/mol. The van der Waals surface area contributed by atoms with Crippen LogP contribution in [0.4, 0.5) is 4.39 Å². The SMILES string of the molecule is COc1cc(F)cc(OC(C)C)c1. The molecular weight excluding hydrogens is 171 g/mol. The lowest BCUT2D eigenvalue weighted by molar-refractivity contribution is 0.240. The van der Waals surface area contributed by atoms with Gasteiger partial charge in [-0.05, 0) is 13.8 Å². The number of hydrogen-bond donors (Lipinski definition) is 0. The maximum absolute atomic E-state index is 12.9. The van der Waals surface area contributed by atoms with E-state index >= 15 is 0 Å². The van der Waals surface area contributed by atoms with E-state index in [2.05, 4.69) is 0 Å². The smallest absolute Gasteiger partial charge is 0.130 e. The van der Waals surface area contributed by atoms with Crippen LogP contribution in [0.2, 0.25) is 0 Å². The molecule has 0 heterocycles. The van der Waals surface area contributed by atoms with Crippen LogP contribution in [0.1, 0.15) is 13.8 Å². The number of methoxy groups -OCH3 is 1. The topological polar surface area (TPSA) is 18.5 Å². The minimum absolute atomic E-state index is 0.0338. The molecule has 0 bridgehead atoms. The van der Waals surface area contributed by atoms with Gasteiger partial charge < -0.3 is 9.47 Å². The predicted molar refractivity (Wildman–Crippen MR) is 48.7 cm³/mol. The molecule has 0 spiro atoms. The third-order valence-corrected chi connectivity index (χ3v) is 1.45. The van der Waals surface area contributed by atoms with Crippen LogP contribution in [-0.2, 0) is 0 Å². The lowest BCUT2D eigenvalue weighted by Gasteiger charge is -2.10. The van der Waals surface area contributed by atoms with Gasteiger partial charge in [0, 0.05) is 18.2 Å². The van der Waals surface area contributed by atoms with Gasteiger partial charge in [0.25, 0.3) is 0 Å². The molecule has 2 nitrogen and oxygen atoms in total. The summed E-state index contributed by atoms with van der Waals surface area (Å²) >= 11 is 0. The van der Waals surface area contributed by atoms with Gasteiger partial charge in [-0.1, -0.05) is 0 Å². The second-order valence-corrected chi connectivity index (χ2v) is 2.99. The van der Waals surface area contributed by atoms with Crippen molar-refractivity contribution < 1.29 is 13.9 Å². The Bertz CT molecular complexity index is 284. The molecule has 1 aromatic rings. The fourth-order valence-corrected chi connectivity index (χ4v) is 0.995. The van der Waals surface area contributed by atoms with Gasteiger partial charge in [0.05, 0.1) is 13.2 Å². The predicted octanol–water partition coefficient (Wildman–Crippen LogP) is 2.62. The van der Waals surface area contributed by atoms with Crippen LogP contribution in [0, 0.1) is 5.82 Å². The largest absolute Gasteiger partial charge is 0.497 e. The maximum Gasteiger partial charge on any atom is 0.130 e. The highest BCUT2D eigenvalue weighted by molar-refractivity contribution is 5.33. The van der Waals surface area contributed by atoms with Gasteiger partial charge in [-0.15, -0.1) is 0 Å². The second-order valence-electron chi connectivity index (χ2n) is 2.99. The van der Waals surface area contributed by atoms with Crippen molar-refractivity contribution in [3.05, 3.63) is 24.0 Å². The summed E-state index contributed by atoms with van der Waals surface area (Å²) in [4.78, 5) is 0. The normalized spacial score (nSPS) is 10.2. The monoisotopic (exact) mass is 184 g/mol. The van der Waals surface area contributed by atoms with Crippen LogP contribution in [0.5, 0.6) is 11.5 Å². The van der Waals surface area contributed by atoms with Crippen LogP contribution in [0.15, 0.2) is 18.2 Å². The molecule has 0 aliphatic heterocycles. The highest BCUT2D eigenvalue weighted by Gasteiger charge is 2.03. The summed E-state index contributed by atoms with van der Waals surface area (Å²) in [5.41, 5.74) is 0. The number of hydrogen-bond acceptors (Lipinski definition) is 2. The Kier molecular flexibility index (Phi) is 3.12. The van der Waals surface area contributed by atoms with Crippen LogP contribution in [-0.4, -0.2) is 13.2 Å². The molecule has 1 aromatic carbocycles. The minimum atomic E-state index is -0.352. The summed E-state index contributed by atoms with van der Waals surface area (Å²) in [5, 5.41) is 0. The molecule has 0 saturated heterocycles. The summed E-state index contributed by atoms with van der Waals surface area (Å²) in [6.45, 7) is 3.77. The Labute approximate surface area is 77.3 Å². The number of benzene rings is 1. The van der Waals surface area contributed by atoms with Gasteiger partial charge >= 0.3 is 0 Å². The molecule has 0 aliphatic rings. The van der Waals surface area contributed by atoms with Crippen molar-refractivity contribution in [2.45, 2.75) is 20.0 Å². The van der Waals surface area contributed by atoms with Crippen LogP contribution in [0.25, 0.3) is 0 Å². The molecule has 13 heavy (non-hydrogen) atoms. The van der Waals surface area contributed by atoms with Gasteiger partial charge in [-0.25, -0.2) is 4.39 Å². The molecule has 0 aromatic heterocycles. The first kappa shape index (κ1) is 9.84. The van der Waals surface area contributed by atoms with Crippen LogP contribution < -0.4 is 9.47 Å². The molecule has 0 aliphatic carbocycles. The molecule has 0 N–H and O–H groups in total. The zero-order valence-corrected chi connectivity index (χ0v) is 8.00. The highest BCUT2D eigenvalue weighted by Crippen LogP contribution is 2.22. The first-order chi connectivity index (χ1) is 6.11. The lowest BCUT2D eigenvalue weighted by atomic mass is 10.3. The Morgan fingerprint density at radius 1 is 1.15 bits per heavy atom. The second kappa shape index (κ2) is 4.12. The van der Waals surface area contributed by atoms with Gasteiger partial charge in [0.15, 0.2) is 0 Å². The fraction of sp³-hybridized carbons (Fsp3) is 0.400. The van der Waals surface area contributed by atoms with E-state index < -0.39 is 0 Å². The van der Waals surface area contributed by atoms with E-state index in [0.29, 0.717) is 11.5 Å². The first-order valence-electron chi connectivity index (χ1n) is 4.13. The van der Waals surface area contributed by atoms with Crippen molar-refractivity contribution in [2.75, 3.05) is 7.11 Å². The molecule has 72 valence electrons. The van der Waals surface area contributed by atoms with E-state index in [1.165, 1.54) is 19.2 Å². The summed E-state index contributed by atoms with van der Waals surface area (Å²) in [6.07, 6.45) is 0.0338. The molecule has 0 fully saturated rings. The van der Waals surface area contributed by atoms with Gasteiger partial charge in [0.1, 0.15) is 17.3 Å². The molecule has 0 saturated carbocycles. The van der Waals surface area contributed by atoms with Crippen LogP contribution >= 0.6 is 0 Å². The van der Waals surface area contributed by atoms with Crippen molar-refractivity contribution in [3.8, 4) is 11.5 Å². The van der Waals surface area contributed by atoms with E-state index in [4.69, 9.17) is 9.47 Å². The summed E-state index contributed by atoms with van der Waals surface area (Å²) < 4.78 is 23.1. The average Bonchev–Trinajstić information content (AvgIpc) is 2.01. The standard InChI is InChI=1S/C10H13FO2/c1-7(2)13-10-5-8(11)4-9(6-10)12-3/h4-7H,1-3H3. The van der Waals surface area contributed by atoms with E-state index in [9.17, 15) is 4.39 Å². The van der Waals surface area contributed by atoms with Crippen molar-refractivity contribution in [2.24, 2.45) is 0 Å². The van der Waals surface area contributed by atoms with E-state index in [1.807, 2.05) is 13.8 Å². The summed E-state index contributed by atoms with van der Waals surface area (Å²) in [6, 6.07) is 4.30. The number of halogens is 1. The van der Waals surface area contributed by atoms with Crippen molar-refractivity contribution in [1.29, 1.82) is 0 Å². The molecule has 0 atom stereocenters. The zero-order valence-electron chi connectivity index (χ0n) is 8.00. The van der Waals surface area contributed by atoms with Crippen molar-refractivity contribution in [3.63, 3.8) is 0 Å². The number of ether oxygens (including phenoxy) is 2. The summed E-state index contributed by atoms with van der Waals surface area (Å²) in [7, 11) is 1.49. The van der Waals surface area contributed by atoms with Crippen molar-refractivity contribution in [1.82, 2.24) is 0 Å². The molecule has 0 radical (unpaired) electrons. The Hall–Kier alpha value is -1.25. The fourth-order valence-electron chi connectivity index (χ4n) is 0.995. The Morgan fingerprint density at radius 3 is 2.31 bits per heavy atom.